The minimum atomic E-state index is -0.296. The zero-order valence-corrected chi connectivity index (χ0v) is 17.0. The molecule has 30 heavy (non-hydrogen) atoms. The predicted molar refractivity (Wildman–Crippen MR) is 117 cm³/mol. The molecule has 1 heterocycles. The highest BCUT2D eigenvalue weighted by Gasteiger charge is 2.22. The van der Waals surface area contributed by atoms with Crippen LogP contribution in [0.3, 0.4) is 0 Å². The number of aromatic nitrogens is 1. The second kappa shape index (κ2) is 8.95. The Labute approximate surface area is 175 Å². The summed E-state index contributed by atoms with van der Waals surface area (Å²) in [6, 6.07) is 14.7. The van der Waals surface area contributed by atoms with Gasteiger partial charge < -0.3 is 14.6 Å². The molecule has 0 radical (unpaired) electrons. The lowest BCUT2D eigenvalue weighted by atomic mass is 9.94. The van der Waals surface area contributed by atoms with Crippen molar-refractivity contribution in [3.05, 3.63) is 66.1 Å². The Balaban J connectivity index is 1.35. The van der Waals surface area contributed by atoms with E-state index in [-0.39, 0.29) is 11.8 Å². The minimum absolute atomic E-state index is 0.0237. The van der Waals surface area contributed by atoms with Gasteiger partial charge in [0.2, 0.25) is 11.8 Å². The standard InChI is InChI=1S/C24H25N3O3/c1-27(19-7-3-2-4-8-19)24(29)17-11-13-18(14-12-17)25-22(28)15-16-23-26-20-9-5-6-10-21(20)30-23/h5-6,9-16,19H,2-4,7-8H2,1H3,(H,25,28)/b16-15+. The van der Waals surface area contributed by atoms with Crippen molar-refractivity contribution in [2.75, 3.05) is 12.4 Å². The topological polar surface area (TPSA) is 75.4 Å². The van der Waals surface area contributed by atoms with Crippen LogP contribution in [0.15, 0.2) is 59.0 Å². The van der Waals surface area contributed by atoms with Crippen LogP contribution in [0.1, 0.15) is 48.4 Å². The van der Waals surface area contributed by atoms with E-state index in [0.717, 1.165) is 18.4 Å². The van der Waals surface area contributed by atoms with Gasteiger partial charge in [0.25, 0.3) is 5.91 Å². The van der Waals surface area contributed by atoms with Crippen LogP contribution in [-0.4, -0.2) is 34.8 Å². The van der Waals surface area contributed by atoms with Crippen molar-refractivity contribution in [2.45, 2.75) is 38.1 Å². The molecule has 0 unspecified atom stereocenters. The molecule has 154 valence electrons. The van der Waals surface area contributed by atoms with Crippen LogP contribution in [0.2, 0.25) is 0 Å². The quantitative estimate of drug-likeness (QED) is 0.616. The largest absolute Gasteiger partial charge is 0.437 e. The summed E-state index contributed by atoms with van der Waals surface area (Å²) in [4.78, 5) is 31.1. The van der Waals surface area contributed by atoms with Gasteiger partial charge in [0, 0.05) is 36.5 Å². The predicted octanol–water partition coefficient (Wildman–Crippen LogP) is 4.88. The van der Waals surface area contributed by atoms with E-state index in [1.165, 1.54) is 31.4 Å². The highest BCUT2D eigenvalue weighted by molar-refractivity contribution is 6.02. The second-order valence-electron chi connectivity index (χ2n) is 7.63. The first-order valence-corrected chi connectivity index (χ1v) is 10.3. The summed E-state index contributed by atoms with van der Waals surface area (Å²) in [6.07, 6.45) is 8.68. The molecule has 3 aromatic rings. The maximum atomic E-state index is 12.7. The van der Waals surface area contributed by atoms with Crippen molar-refractivity contribution >= 4 is 34.7 Å². The van der Waals surface area contributed by atoms with E-state index in [0.29, 0.717) is 28.8 Å². The molecule has 1 aliphatic rings. The Morgan fingerprint density at radius 3 is 2.53 bits per heavy atom. The lowest BCUT2D eigenvalue weighted by Gasteiger charge is -2.31. The number of anilines is 1. The molecular weight excluding hydrogens is 378 g/mol. The number of hydrogen-bond donors (Lipinski definition) is 1. The number of para-hydroxylation sites is 2. The number of carbonyl (C=O) groups excluding carboxylic acids is 2. The smallest absolute Gasteiger partial charge is 0.253 e. The number of oxazole rings is 1. The molecule has 0 spiro atoms. The maximum absolute atomic E-state index is 12.7. The molecule has 0 aliphatic heterocycles. The van der Waals surface area contributed by atoms with Crippen LogP contribution in [0.5, 0.6) is 0 Å². The van der Waals surface area contributed by atoms with E-state index in [1.807, 2.05) is 36.2 Å². The number of nitrogens with one attached hydrogen (secondary N) is 1. The Kier molecular flexibility index (Phi) is 5.93. The molecule has 6 nitrogen and oxygen atoms in total. The summed E-state index contributed by atoms with van der Waals surface area (Å²) in [5, 5.41) is 2.78. The van der Waals surface area contributed by atoms with Crippen molar-refractivity contribution in [1.29, 1.82) is 0 Å². The average Bonchev–Trinajstić information content (AvgIpc) is 3.21. The van der Waals surface area contributed by atoms with Crippen LogP contribution in [0.25, 0.3) is 17.2 Å². The SMILES string of the molecule is CN(C(=O)c1ccc(NC(=O)/C=C/c2nc3ccccc3o2)cc1)C1CCCCC1. The van der Waals surface area contributed by atoms with E-state index < -0.39 is 0 Å². The van der Waals surface area contributed by atoms with Gasteiger partial charge in [-0.15, -0.1) is 0 Å². The van der Waals surface area contributed by atoms with Gasteiger partial charge in [0.15, 0.2) is 5.58 Å². The summed E-state index contributed by atoms with van der Waals surface area (Å²) in [6.45, 7) is 0. The van der Waals surface area contributed by atoms with Crippen LogP contribution in [-0.2, 0) is 4.79 Å². The summed E-state index contributed by atoms with van der Waals surface area (Å²) in [5.41, 5.74) is 2.68. The third kappa shape index (κ3) is 4.59. The molecular formula is C24H25N3O3. The van der Waals surface area contributed by atoms with Crippen LogP contribution < -0.4 is 5.32 Å². The highest BCUT2D eigenvalue weighted by Crippen LogP contribution is 2.23. The van der Waals surface area contributed by atoms with Gasteiger partial charge in [-0.25, -0.2) is 4.98 Å². The molecule has 1 saturated carbocycles. The lowest BCUT2D eigenvalue weighted by molar-refractivity contribution is -0.111. The fourth-order valence-electron chi connectivity index (χ4n) is 3.83. The first-order chi connectivity index (χ1) is 14.6. The van der Waals surface area contributed by atoms with Crippen molar-refractivity contribution in [3.63, 3.8) is 0 Å². The number of hydrogen-bond acceptors (Lipinski definition) is 4. The van der Waals surface area contributed by atoms with E-state index in [4.69, 9.17) is 4.42 Å². The number of rotatable bonds is 5. The Hall–Kier alpha value is -3.41. The number of amides is 2. The van der Waals surface area contributed by atoms with Crippen molar-refractivity contribution in [3.8, 4) is 0 Å². The summed E-state index contributed by atoms with van der Waals surface area (Å²) in [7, 11) is 1.88. The normalized spacial score (nSPS) is 14.8. The van der Waals surface area contributed by atoms with Gasteiger partial charge in [0.05, 0.1) is 0 Å². The van der Waals surface area contributed by atoms with E-state index >= 15 is 0 Å². The third-order valence-electron chi connectivity index (χ3n) is 5.53. The van der Waals surface area contributed by atoms with Crippen LogP contribution >= 0.6 is 0 Å². The Morgan fingerprint density at radius 1 is 1.07 bits per heavy atom. The van der Waals surface area contributed by atoms with E-state index in [9.17, 15) is 9.59 Å². The van der Waals surface area contributed by atoms with Gasteiger partial charge in [-0.2, -0.15) is 0 Å². The van der Waals surface area contributed by atoms with Gasteiger partial charge in [0.1, 0.15) is 5.52 Å². The first-order valence-electron chi connectivity index (χ1n) is 10.3. The minimum Gasteiger partial charge on any atom is -0.437 e. The molecule has 2 aromatic carbocycles. The van der Waals surface area contributed by atoms with E-state index in [1.54, 1.807) is 24.3 Å². The van der Waals surface area contributed by atoms with Crippen molar-refractivity contribution < 1.29 is 14.0 Å². The third-order valence-corrected chi connectivity index (χ3v) is 5.53. The van der Waals surface area contributed by atoms with Crippen molar-refractivity contribution in [2.24, 2.45) is 0 Å². The Bertz CT molecular complexity index is 1030. The van der Waals surface area contributed by atoms with Gasteiger partial charge in [-0.05, 0) is 49.2 Å². The van der Waals surface area contributed by atoms with Gasteiger partial charge in [-0.1, -0.05) is 31.4 Å². The summed E-state index contributed by atoms with van der Waals surface area (Å²) >= 11 is 0. The van der Waals surface area contributed by atoms with Crippen LogP contribution in [0.4, 0.5) is 5.69 Å². The molecule has 1 aliphatic carbocycles. The van der Waals surface area contributed by atoms with Crippen molar-refractivity contribution in [1.82, 2.24) is 9.88 Å². The average molecular weight is 403 g/mol. The molecule has 0 saturated heterocycles. The van der Waals surface area contributed by atoms with E-state index in [2.05, 4.69) is 10.3 Å². The molecule has 4 rings (SSSR count). The molecule has 0 atom stereocenters. The number of benzene rings is 2. The zero-order valence-electron chi connectivity index (χ0n) is 17.0. The fourth-order valence-corrected chi connectivity index (χ4v) is 3.83. The molecule has 1 aromatic heterocycles. The first kappa shape index (κ1) is 19.9. The van der Waals surface area contributed by atoms with Gasteiger partial charge in [-0.3, -0.25) is 9.59 Å². The maximum Gasteiger partial charge on any atom is 0.253 e. The monoisotopic (exact) mass is 403 g/mol. The number of carbonyl (C=O) groups is 2. The number of nitrogens with zero attached hydrogens (tertiary/aromatic N) is 2. The Morgan fingerprint density at radius 2 is 1.80 bits per heavy atom. The zero-order chi connectivity index (χ0) is 20.9. The molecule has 0 bridgehead atoms. The molecule has 6 heteroatoms. The molecule has 2 amide bonds. The highest BCUT2D eigenvalue weighted by atomic mass is 16.3. The fraction of sp³-hybridized carbons (Fsp3) is 0.292. The summed E-state index contributed by atoms with van der Waals surface area (Å²) < 4.78 is 5.56. The molecule has 1 N–H and O–H groups in total. The van der Waals surface area contributed by atoms with Gasteiger partial charge >= 0.3 is 0 Å². The number of fused-ring (bicyclic) bond motifs is 1. The second-order valence-corrected chi connectivity index (χ2v) is 7.63. The molecule has 1 fully saturated rings. The van der Waals surface area contributed by atoms with Crippen LogP contribution in [0, 0.1) is 0 Å². The lowest BCUT2D eigenvalue weighted by Crippen LogP contribution is -2.38. The summed E-state index contributed by atoms with van der Waals surface area (Å²) in [5.74, 6) is 0.101.